The fourth-order valence-electron chi connectivity index (χ4n) is 2.70. The van der Waals surface area contributed by atoms with Crippen LogP contribution in [-0.2, 0) is 17.8 Å². The quantitative estimate of drug-likeness (QED) is 0.373. The van der Waals surface area contributed by atoms with Crippen molar-refractivity contribution in [2.45, 2.75) is 13.0 Å². The molecule has 1 saturated heterocycles. The van der Waals surface area contributed by atoms with Crippen LogP contribution >= 0.6 is 35.6 Å². The SMILES string of the molecule is C=CCc1cc(/C=C2/SC(=S)NC2=O)cc(OC)c1OCc1ccc(Cl)cc1. The highest BCUT2D eigenvalue weighted by Crippen LogP contribution is 2.36. The van der Waals surface area contributed by atoms with Crippen molar-refractivity contribution in [2.75, 3.05) is 7.11 Å². The van der Waals surface area contributed by atoms with Crippen LogP contribution in [0.25, 0.3) is 6.08 Å². The van der Waals surface area contributed by atoms with Gasteiger partial charge in [-0.15, -0.1) is 6.58 Å². The summed E-state index contributed by atoms with van der Waals surface area (Å²) in [7, 11) is 1.59. The minimum atomic E-state index is -0.192. The zero-order chi connectivity index (χ0) is 20.1. The lowest BCUT2D eigenvalue weighted by Gasteiger charge is -2.16. The molecular weight excluding hydrogens is 414 g/mol. The first-order valence-corrected chi connectivity index (χ1v) is 10.0. The van der Waals surface area contributed by atoms with E-state index in [-0.39, 0.29) is 5.91 Å². The Kier molecular flexibility index (Phi) is 6.78. The lowest BCUT2D eigenvalue weighted by Crippen LogP contribution is -2.17. The second-order valence-corrected chi connectivity index (χ2v) is 8.13. The summed E-state index contributed by atoms with van der Waals surface area (Å²) in [4.78, 5) is 12.5. The minimum Gasteiger partial charge on any atom is -0.493 e. The van der Waals surface area contributed by atoms with Gasteiger partial charge in [0.1, 0.15) is 10.9 Å². The van der Waals surface area contributed by atoms with E-state index in [1.165, 1.54) is 11.8 Å². The third-order valence-electron chi connectivity index (χ3n) is 3.97. The van der Waals surface area contributed by atoms with Gasteiger partial charge in [0.2, 0.25) is 0 Å². The Morgan fingerprint density at radius 2 is 2.04 bits per heavy atom. The zero-order valence-electron chi connectivity index (χ0n) is 15.2. The van der Waals surface area contributed by atoms with Gasteiger partial charge in [0.15, 0.2) is 11.5 Å². The summed E-state index contributed by atoms with van der Waals surface area (Å²) in [5.74, 6) is 1.05. The molecule has 0 aliphatic carbocycles. The lowest BCUT2D eigenvalue weighted by molar-refractivity contribution is -0.115. The van der Waals surface area contributed by atoms with Gasteiger partial charge in [-0.1, -0.05) is 53.8 Å². The molecule has 0 atom stereocenters. The van der Waals surface area contributed by atoms with Crippen LogP contribution in [0.2, 0.25) is 5.02 Å². The van der Waals surface area contributed by atoms with Crippen molar-refractivity contribution in [3.05, 3.63) is 75.7 Å². The largest absolute Gasteiger partial charge is 0.493 e. The smallest absolute Gasteiger partial charge is 0.263 e. The van der Waals surface area contributed by atoms with E-state index in [0.717, 1.165) is 16.7 Å². The number of hydrogen-bond acceptors (Lipinski definition) is 5. The molecule has 0 spiro atoms. The van der Waals surface area contributed by atoms with E-state index in [4.69, 9.17) is 33.3 Å². The van der Waals surface area contributed by atoms with E-state index in [1.807, 2.05) is 36.4 Å². The van der Waals surface area contributed by atoms with Crippen LogP contribution < -0.4 is 14.8 Å². The second kappa shape index (κ2) is 9.28. The van der Waals surface area contributed by atoms with Gasteiger partial charge < -0.3 is 14.8 Å². The summed E-state index contributed by atoms with van der Waals surface area (Å²) in [5.41, 5.74) is 2.74. The number of thiocarbonyl (C=S) groups is 1. The first-order valence-electron chi connectivity index (χ1n) is 8.44. The molecule has 0 aromatic heterocycles. The molecule has 0 saturated carbocycles. The summed E-state index contributed by atoms with van der Waals surface area (Å²) in [5, 5.41) is 3.29. The highest BCUT2D eigenvalue weighted by molar-refractivity contribution is 8.26. The van der Waals surface area contributed by atoms with Gasteiger partial charge in [0.25, 0.3) is 5.91 Å². The number of nitrogens with one attached hydrogen (secondary N) is 1. The number of ether oxygens (including phenoxy) is 2. The molecule has 1 aliphatic rings. The minimum absolute atomic E-state index is 0.192. The monoisotopic (exact) mass is 431 g/mol. The molecule has 1 heterocycles. The number of benzene rings is 2. The van der Waals surface area contributed by atoms with E-state index in [0.29, 0.717) is 38.8 Å². The molecule has 0 bridgehead atoms. The third kappa shape index (κ3) is 4.95. The maximum atomic E-state index is 11.9. The van der Waals surface area contributed by atoms with Crippen LogP contribution in [0.4, 0.5) is 0 Å². The Morgan fingerprint density at radius 3 is 2.64 bits per heavy atom. The van der Waals surface area contributed by atoms with Crippen LogP contribution in [0.5, 0.6) is 11.5 Å². The fraction of sp³-hybridized carbons (Fsp3) is 0.143. The van der Waals surface area contributed by atoms with Gasteiger partial charge in [-0.3, -0.25) is 4.79 Å². The fourth-order valence-corrected chi connectivity index (χ4v) is 3.87. The predicted molar refractivity (Wildman–Crippen MR) is 119 cm³/mol. The second-order valence-electron chi connectivity index (χ2n) is 5.97. The van der Waals surface area contributed by atoms with Gasteiger partial charge in [-0.05, 0) is 47.9 Å². The molecule has 3 rings (SSSR count). The van der Waals surface area contributed by atoms with Crippen molar-refractivity contribution in [2.24, 2.45) is 0 Å². The molecule has 1 amide bonds. The lowest BCUT2D eigenvalue weighted by atomic mass is 10.0. The van der Waals surface area contributed by atoms with Gasteiger partial charge in [-0.2, -0.15) is 0 Å². The normalized spacial score (nSPS) is 14.9. The zero-order valence-corrected chi connectivity index (χ0v) is 17.5. The Balaban J connectivity index is 1.91. The molecule has 28 heavy (non-hydrogen) atoms. The number of hydrogen-bond donors (Lipinski definition) is 1. The molecule has 0 unspecified atom stereocenters. The number of thioether (sulfide) groups is 1. The summed E-state index contributed by atoms with van der Waals surface area (Å²) in [6.45, 7) is 4.20. The summed E-state index contributed by atoms with van der Waals surface area (Å²) in [6, 6.07) is 11.3. The van der Waals surface area contributed by atoms with E-state index in [2.05, 4.69) is 11.9 Å². The van der Waals surface area contributed by atoms with Crippen LogP contribution in [-0.4, -0.2) is 17.3 Å². The topological polar surface area (TPSA) is 47.6 Å². The summed E-state index contributed by atoms with van der Waals surface area (Å²) >= 11 is 12.2. The number of halogens is 1. The summed E-state index contributed by atoms with van der Waals surface area (Å²) in [6.07, 6.45) is 4.19. The van der Waals surface area contributed by atoms with Gasteiger partial charge >= 0.3 is 0 Å². The van der Waals surface area contributed by atoms with E-state index < -0.39 is 0 Å². The molecule has 1 aliphatic heterocycles. The van der Waals surface area contributed by atoms with Gasteiger partial charge in [0.05, 0.1) is 12.0 Å². The highest BCUT2D eigenvalue weighted by atomic mass is 35.5. The summed E-state index contributed by atoms with van der Waals surface area (Å²) < 4.78 is 12.1. The molecule has 1 N–H and O–H groups in total. The van der Waals surface area contributed by atoms with Crippen LogP contribution in [0.15, 0.2) is 54.0 Å². The molecule has 4 nitrogen and oxygen atoms in total. The molecule has 7 heteroatoms. The predicted octanol–water partition coefficient (Wildman–Crippen LogP) is 5.14. The maximum absolute atomic E-state index is 11.9. The van der Waals surface area contributed by atoms with Crippen molar-refractivity contribution < 1.29 is 14.3 Å². The van der Waals surface area contributed by atoms with Crippen molar-refractivity contribution in [3.63, 3.8) is 0 Å². The van der Waals surface area contributed by atoms with Gasteiger partial charge in [-0.25, -0.2) is 0 Å². The van der Waals surface area contributed by atoms with Crippen LogP contribution in [0, 0.1) is 0 Å². The molecule has 2 aromatic carbocycles. The average molecular weight is 432 g/mol. The number of rotatable bonds is 7. The molecule has 2 aromatic rings. The van der Waals surface area contributed by atoms with Crippen LogP contribution in [0.3, 0.4) is 0 Å². The molecule has 1 fully saturated rings. The molecule has 144 valence electrons. The van der Waals surface area contributed by atoms with Crippen molar-refractivity contribution >= 4 is 51.9 Å². The number of amides is 1. The number of carbonyl (C=O) groups excluding carboxylic acids is 1. The number of methoxy groups -OCH3 is 1. The van der Waals surface area contributed by atoms with Crippen molar-refractivity contribution in [1.29, 1.82) is 0 Å². The van der Waals surface area contributed by atoms with Gasteiger partial charge in [0, 0.05) is 10.6 Å². The first kappa shape index (κ1) is 20.5. The van der Waals surface area contributed by atoms with E-state index in [1.54, 1.807) is 19.3 Å². The average Bonchev–Trinajstić information content (AvgIpc) is 2.99. The molecule has 0 radical (unpaired) electrons. The number of allylic oxidation sites excluding steroid dienone is 1. The highest BCUT2D eigenvalue weighted by Gasteiger charge is 2.22. The maximum Gasteiger partial charge on any atom is 0.263 e. The molecular formula is C21H18ClNO3S2. The van der Waals surface area contributed by atoms with Crippen LogP contribution in [0.1, 0.15) is 16.7 Å². The Labute approximate surface area is 178 Å². The number of carbonyl (C=O) groups is 1. The van der Waals surface area contributed by atoms with E-state index in [9.17, 15) is 4.79 Å². The van der Waals surface area contributed by atoms with E-state index >= 15 is 0 Å². The Hall–Kier alpha value is -2.28. The van der Waals surface area contributed by atoms with Crippen molar-refractivity contribution in [3.8, 4) is 11.5 Å². The first-order chi connectivity index (χ1) is 13.5. The Morgan fingerprint density at radius 1 is 1.29 bits per heavy atom. The third-order valence-corrected chi connectivity index (χ3v) is 5.39. The standard InChI is InChI=1S/C21H18ClNO3S2/c1-3-4-15-9-14(11-18-20(24)23-21(27)28-18)10-17(25-2)19(15)26-12-13-5-7-16(22)8-6-13/h3,5-11H,1,4,12H2,2H3,(H,23,24,27)/b18-11+. The van der Waals surface area contributed by atoms with Crippen molar-refractivity contribution in [1.82, 2.24) is 5.32 Å². The Bertz CT molecular complexity index is 955.